The van der Waals surface area contributed by atoms with E-state index in [1.54, 1.807) is 46.8 Å². The fraction of sp³-hybridized carbons (Fsp3) is 0.591. The molecule has 1 aliphatic rings. The van der Waals surface area contributed by atoms with E-state index in [2.05, 4.69) is 5.32 Å². The summed E-state index contributed by atoms with van der Waals surface area (Å²) >= 11 is 0. The van der Waals surface area contributed by atoms with Crippen LogP contribution in [0.1, 0.15) is 46.6 Å². The number of ether oxygens (including phenoxy) is 1. The fourth-order valence-corrected chi connectivity index (χ4v) is 3.56. The van der Waals surface area contributed by atoms with Crippen molar-refractivity contribution in [2.24, 2.45) is 5.41 Å². The molecule has 3 atom stereocenters. The van der Waals surface area contributed by atoms with Crippen LogP contribution in [0.15, 0.2) is 24.3 Å². The van der Waals surface area contributed by atoms with Crippen molar-refractivity contribution in [1.29, 1.82) is 5.26 Å². The highest BCUT2D eigenvalue weighted by Crippen LogP contribution is 2.31. The number of benzene rings is 1. The molecule has 6 nitrogen and oxygen atoms in total. The van der Waals surface area contributed by atoms with E-state index >= 15 is 0 Å². The van der Waals surface area contributed by atoms with Gasteiger partial charge in [-0.2, -0.15) is 5.26 Å². The summed E-state index contributed by atoms with van der Waals surface area (Å²) in [6, 6.07) is 5.86. The van der Waals surface area contributed by atoms with Crippen molar-refractivity contribution in [3.63, 3.8) is 0 Å². The van der Waals surface area contributed by atoms with Gasteiger partial charge in [0.25, 0.3) is 0 Å². The van der Waals surface area contributed by atoms with Gasteiger partial charge in [0.15, 0.2) is 0 Å². The van der Waals surface area contributed by atoms with Gasteiger partial charge in [-0.3, -0.25) is 4.79 Å². The van der Waals surface area contributed by atoms with Gasteiger partial charge in [-0.15, -0.1) is 0 Å². The first-order chi connectivity index (χ1) is 13.8. The monoisotopic (exact) mass is 421 g/mol. The van der Waals surface area contributed by atoms with Crippen LogP contribution in [0.2, 0.25) is 0 Å². The number of nitrogens with zero attached hydrogens (tertiary/aromatic N) is 2. The molecule has 1 fully saturated rings. The Labute approximate surface area is 176 Å². The molecule has 164 valence electrons. The zero-order valence-corrected chi connectivity index (χ0v) is 18.0. The van der Waals surface area contributed by atoms with Gasteiger partial charge in [0.2, 0.25) is 5.91 Å². The maximum Gasteiger partial charge on any atom is 0.408 e. The topological polar surface area (TPSA) is 82.4 Å². The van der Waals surface area contributed by atoms with E-state index < -0.39 is 41.3 Å². The lowest BCUT2D eigenvalue weighted by atomic mass is 9.78. The summed E-state index contributed by atoms with van der Waals surface area (Å²) < 4.78 is 32.5. The molecule has 0 radical (unpaired) electrons. The van der Waals surface area contributed by atoms with Gasteiger partial charge in [-0.1, -0.05) is 26.0 Å². The number of carbonyl (C=O) groups is 2. The van der Waals surface area contributed by atoms with Crippen LogP contribution in [0.4, 0.5) is 13.6 Å². The number of alkyl halides is 1. The van der Waals surface area contributed by atoms with Crippen LogP contribution in [-0.2, 0) is 16.0 Å². The van der Waals surface area contributed by atoms with Crippen molar-refractivity contribution in [2.75, 3.05) is 6.54 Å². The fourth-order valence-electron chi connectivity index (χ4n) is 3.56. The largest absolute Gasteiger partial charge is 0.444 e. The first-order valence-corrected chi connectivity index (χ1v) is 9.90. The Hall–Kier alpha value is -2.69. The number of rotatable bonds is 5. The highest BCUT2D eigenvalue weighted by Gasteiger charge is 2.44. The second-order valence-corrected chi connectivity index (χ2v) is 9.34. The molecule has 0 spiro atoms. The standard InChI is InChI=1S/C22H29F2N3O3/c1-21(2,3)30-20(29)26-18(19(28)27-13-16(24)10-17(27)12-25)22(4,5)11-14-6-8-15(23)9-7-14/h6-9,16-18H,10-11,13H2,1-5H3,(H,26,29)/t16-,17-,18+/m0/s1. The molecular weight excluding hydrogens is 392 g/mol. The summed E-state index contributed by atoms with van der Waals surface area (Å²) in [6.07, 6.45) is -1.79. The predicted octanol–water partition coefficient (Wildman–Crippen LogP) is 3.75. The van der Waals surface area contributed by atoms with E-state index in [0.717, 1.165) is 5.56 Å². The van der Waals surface area contributed by atoms with E-state index in [1.807, 2.05) is 6.07 Å². The van der Waals surface area contributed by atoms with Gasteiger partial charge in [0.05, 0.1) is 12.6 Å². The van der Waals surface area contributed by atoms with Crippen LogP contribution in [-0.4, -0.2) is 47.3 Å². The molecule has 1 saturated heterocycles. The Kier molecular flexibility index (Phi) is 7.06. The molecule has 0 aliphatic carbocycles. The van der Waals surface area contributed by atoms with Gasteiger partial charge < -0.3 is 15.0 Å². The molecule has 0 saturated carbocycles. The maximum absolute atomic E-state index is 13.9. The Morgan fingerprint density at radius 3 is 2.40 bits per heavy atom. The number of hydrogen-bond acceptors (Lipinski definition) is 4. The number of likely N-dealkylation sites (tertiary alicyclic amines) is 1. The van der Waals surface area contributed by atoms with Crippen LogP contribution in [0.5, 0.6) is 0 Å². The lowest BCUT2D eigenvalue weighted by molar-refractivity contribution is -0.136. The Morgan fingerprint density at radius 2 is 1.87 bits per heavy atom. The summed E-state index contributed by atoms with van der Waals surface area (Å²) in [5.74, 6) is -0.918. The number of nitriles is 1. The smallest absolute Gasteiger partial charge is 0.408 e. The highest BCUT2D eigenvalue weighted by molar-refractivity contribution is 5.87. The SMILES string of the molecule is CC(C)(C)OC(=O)N[C@H](C(=O)N1C[C@@H](F)C[C@H]1C#N)C(C)(C)Cc1ccc(F)cc1. The van der Waals surface area contributed by atoms with Crippen molar-refractivity contribution >= 4 is 12.0 Å². The third-order valence-electron chi connectivity index (χ3n) is 4.94. The Balaban J connectivity index is 2.31. The van der Waals surface area contributed by atoms with Crippen molar-refractivity contribution < 1.29 is 23.1 Å². The van der Waals surface area contributed by atoms with Gasteiger partial charge in [0, 0.05) is 6.42 Å². The normalized spacial score (nSPS) is 20.4. The van der Waals surface area contributed by atoms with E-state index in [4.69, 9.17) is 4.74 Å². The number of carbonyl (C=O) groups excluding carboxylic acids is 2. The molecule has 2 rings (SSSR count). The minimum atomic E-state index is -1.29. The third-order valence-corrected chi connectivity index (χ3v) is 4.94. The second-order valence-electron chi connectivity index (χ2n) is 9.34. The van der Waals surface area contributed by atoms with Crippen LogP contribution < -0.4 is 5.32 Å². The van der Waals surface area contributed by atoms with Gasteiger partial charge >= 0.3 is 6.09 Å². The summed E-state index contributed by atoms with van der Waals surface area (Å²) in [6.45, 7) is 8.46. The maximum atomic E-state index is 13.9. The first-order valence-electron chi connectivity index (χ1n) is 9.90. The van der Waals surface area contributed by atoms with Crippen molar-refractivity contribution in [1.82, 2.24) is 10.2 Å². The van der Waals surface area contributed by atoms with Crippen LogP contribution in [0.3, 0.4) is 0 Å². The van der Waals surface area contributed by atoms with Crippen molar-refractivity contribution in [3.8, 4) is 6.07 Å². The number of halogens is 2. The number of alkyl carbamates (subject to hydrolysis) is 1. The minimum Gasteiger partial charge on any atom is -0.444 e. The number of nitrogens with one attached hydrogen (secondary N) is 1. The highest BCUT2D eigenvalue weighted by atomic mass is 19.1. The molecular formula is C22H29F2N3O3. The Bertz CT molecular complexity index is 812. The van der Waals surface area contributed by atoms with E-state index in [1.165, 1.54) is 17.0 Å². The van der Waals surface area contributed by atoms with Crippen LogP contribution in [0.25, 0.3) is 0 Å². The molecule has 2 amide bonds. The molecule has 0 aromatic heterocycles. The minimum absolute atomic E-state index is 0.0558. The average Bonchev–Trinajstić information content (AvgIpc) is 3.00. The third kappa shape index (κ3) is 6.15. The Morgan fingerprint density at radius 1 is 1.27 bits per heavy atom. The lowest BCUT2D eigenvalue weighted by Gasteiger charge is -2.37. The molecule has 8 heteroatoms. The molecule has 30 heavy (non-hydrogen) atoms. The predicted molar refractivity (Wildman–Crippen MR) is 108 cm³/mol. The van der Waals surface area contributed by atoms with Crippen LogP contribution >= 0.6 is 0 Å². The van der Waals surface area contributed by atoms with Gasteiger partial charge in [-0.05, 0) is 50.3 Å². The summed E-state index contributed by atoms with van der Waals surface area (Å²) in [5, 5.41) is 11.9. The molecule has 1 heterocycles. The molecule has 1 aliphatic heterocycles. The second kappa shape index (κ2) is 8.99. The van der Waals surface area contributed by atoms with Gasteiger partial charge in [-0.25, -0.2) is 13.6 Å². The average molecular weight is 421 g/mol. The quantitative estimate of drug-likeness (QED) is 0.785. The lowest BCUT2D eigenvalue weighted by Crippen LogP contribution is -2.57. The summed E-state index contributed by atoms with van der Waals surface area (Å²) in [4.78, 5) is 27.0. The zero-order chi connectivity index (χ0) is 22.7. The van der Waals surface area contributed by atoms with E-state index in [0.29, 0.717) is 6.42 Å². The van der Waals surface area contributed by atoms with Crippen molar-refractivity contribution in [2.45, 2.75) is 71.3 Å². The van der Waals surface area contributed by atoms with Crippen LogP contribution in [0, 0.1) is 22.6 Å². The molecule has 0 bridgehead atoms. The summed E-state index contributed by atoms with van der Waals surface area (Å²) in [7, 11) is 0. The molecule has 1 aromatic carbocycles. The number of amides is 2. The van der Waals surface area contributed by atoms with Crippen molar-refractivity contribution in [3.05, 3.63) is 35.6 Å². The van der Waals surface area contributed by atoms with E-state index in [-0.39, 0.29) is 18.8 Å². The molecule has 1 aromatic rings. The molecule has 1 N–H and O–H groups in total. The molecule has 0 unspecified atom stereocenters. The first kappa shape index (κ1) is 23.6. The van der Waals surface area contributed by atoms with E-state index in [9.17, 15) is 23.6 Å². The van der Waals surface area contributed by atoms with Gasteiger partial charge in [0.1, 0.15) is 29.7 Å². The zero-order valence-electron chi connectivity index (χ0n) is 18.0. The number of hydrogen-bond donors (Lipinski definition) is 1. The summed E-state index contributed by atoms with van der Waals surface area (Å²) in [5.41, 5.74) is -0.835.